The molecule has 1 atom stereocenters. The maximum absolute atomic E-state index is 11.4. The third kappa shape index (κ3) is 4.34. The average molecular weight is 439 g/mol. The SMILES string of the molecule is COC(=O)[C@@H](I)Cc1cn(Cc2c(Cl)cccc2Cl)cn1. The Bertz CT molecular complexity index is 625. The monoisotopic (exact) mass is 438 g/mol. The average Bonchev–Trinajstić information content (AvgIpc) is 2.89. The Morgan fingerprint density at radius 1 is 1.43 bits per heavy atom. The van der Waals surface area contributed by atoms with Crippen LogP contribution in [0.4, 0.5) is 0 Å². The van der Waals surface area contributed by atoms with Gasteiger partial charge in [0.25, 0.3) is 0 Å². The molecule has 0 saturated carbocycles. The topological polar surface area (TPSA) is 44.1 Å². The Kier molecular flexibility index (Phi) is 5.89. The van der Waals surface area contributed by atoms with Crippen LogP contribution >= 0.6 is 45.8 Å². The van der Waals surface area contributed by atoms with Gasteiger partial charge in [0.05, 0.1) is 25.7 Å². The number of rotatable bonds is 5. The number of halogens is 3. The van der Waals surface area contributed by atoms with Crippen LogP contribution in [0.25, 0.3) is 0 Å². The van der Waals surface area contributed by atoms with Crippen LogP contribution in [0.1, 0.15) is 11.3 Å². The lowest BCUT2D eigenvalue weighted by Crippen LogP contribution is -2.18. The molecule has 2 rings (SSSR count). The molecule has 0 spiro atoms. The number of aromatic nitrogens is 2. The quantitative estimate of drug-likeness (QED) is 0.405. The maximum Gasteiger partial charge on any atom is 0.319 e. The highest BCUT2D eigenvalue weighted by molar-refractivity contribution is 14.1. The molecule has 4 nitrogen and oxygen atoms in total. The number of alkyl halides is 1. The third-order valence-electron chi connectivity index (χ3n) is 2.93. The molecule has 0 unspecified atom stereocenters. The molecule has 0 aliphatic carbocycles. The van der Waals surface area contributed by atoms with E-state index in [0.717, 1.165) is 11.3 Å². The van der Waals surface area contributed by atoms with Crippen molar-refractivity contribution in [1.82, 2.24) is 9.55 Å². The van der Waals surface area contributed by atoms with E-state index in [1.807, 2.05) is 39.4 Å². The first kappa shape index (κ1) is 16.6. The van der Waals surface area contributed by atoms with Crippen molar-refractivity contribution >= 4 is 51.8 Å². The summed E-state index contributed by atoms with van der Waals surface area (Å²) in [5, 5.41) is 1.25. The number of imidazole rings is 1. The Balaban J connectivity index is 2.08. The van der Waals surface area contributed by atoms with Gasteiger partial charge in [0.15, 0.2) is 0 Å². The molecule has 1 aromatic heterocycles. The largest absolute Gasteiger partial charge is 0.468 e. The number of carbonyl (C=O) groups excluding carboxylic acids is 1. The van der Waals surface area contributed by atoms with Crippen LogP contribution in [0.3, 0.4) is 0 Å². The van der Waals surface area contributed by atoms with Crippen LogP contribution in [0.15, 0.2) is 30.7 Å². The van der Waals surface area contributed by atoms with Gasteiger partial charge in [-0.1, -0.05) is 51.9 Å². The van der Waals surface area contributed by atoms with Crippen LogP contribution in [0, 0.1) is 0 Å². The van der Waals surface area contributed by atoms with Gasteiger partial charge in [-0.15, -0.1) is 0 Å². The summed E-state index contributed by atoms with van der Waals surface area (Å²) in [4.78, 5) is 15.7. The van der Waals surface area contributed by atoms with Gasteiger partial charge in [-0.25, -0.2) is 4.98 Å². The Morgan fingerprint density at radius 2 is 2.10 bits per heavy atom. The molecule has 0 fully saturated rings. The second kappa shape index (κ2) is 7.47. The van der Waals surface area contributed by atoms with Crippen LogP contribution in [0.5, 0.6) is 0 Å². The molecule has 0 radical (unpaired) electrons. The minimum absolute atomic E-state index is 0.250. The molecule has 112 valence electrons. The van der Waals surface area contributed by atoms with E-state index in [4.69, 9.17) is 27.9 Å². The minimum atomic E-state index is -0.251. The van der Waals surface area contributed by atoms with Gasteiger partial charge in [-0.2, -0.15) is 0 Å². The van der Waals surface area contributed by atoms with E-state index >= 15 is 0 Å². The standard InChI is InChI=1S/C14H13Cl2IN2O2/c1-21-14(20)13(17)5-9-6-19(8-18-9)7-10-11(15)3-2-4-12(10)16/h2-4,6,8,13H,5,7H2,1H3/t13-/m0/s1. The van der Waals surface area contributed by atoms with E-state index in [9.17, 15) is 4.79 Å². The number of carbonyl (C=O) groups is 1. The fourth-order valence-electron chi connectivity index (χ4n) is 1.86. The second-order valence-corrected chi connectivity index (χ2v) is 6.75. The number of hydrogen-bond donors (Lipinski definition) is 0. The van der Waals surface area contributed by atoms with Crippen molar-refractivity contribution in [3.63, 3.8) is 0 Å². The number of methoxy groups -OCH3 is 1. The molecule has 0 bridgehead atoms. The van der Waals surface area contributed by atoms with Gasteiger partial charge < -0.3 is 9.30 Å². The lowest BCUT2D eigenvalue weighted by Gasteiger charge is -2.07. The highest BCUT2D eigenvalue weighted by Crippen LogP contribution is 2.25. The molecule has 1 heterocycles. The first-order valence-electron chi connectivity index (χ1n) is 6.16. The van der Waals surface area contributed by atoms with E-state index in [0.29, 0.717) is 23.0 Å². The molecule has 0 aliphatic rings. The lowest BCUT2D eigenvalue weighted by molar-refractivity contribution is -0.139. The van der Waals surface area contributed by atoms with Crippen LogP contribution in [0.2, 0.25) is 10.0 Å². The van der Waals surface area contributed by atoms with Gasteiger partial charge in [0.1, 0.15) is 3.92 Å². The summed E-state index contributed by atoms with van der Waals surface area (Å²) in [5.41, 5.74) is 1.67. The van der Waals surface area contributed by atoms with Crippen molar-refractivity contribution in [3.8, 4) is 0 Å². The fraction of sp³-hybridized carbons (Fsp3) is 0.286. The van der Waals surface area contributed by atoms with Crippen molar-refractivity contribution in [2.45, 2.75) is 16.9 Å². The van der Waals surface area contributed by atoms with E-state index < -0.39 is 0 Å². The molecule has 2 aromatic rings. The molecule has 0 saturated heterocycles. The van der Waals surface area contributed by atoms with Crippen LogP contribution in [-0.2, 0) is 22.5 Å². The van der Waals surface area contributed by atoms with Gasteiger partial charge >= 0.3 is 5.97 Å². The van der Waals surface area contributed by atoms with Gasteiger partial charge in [-0.3, -0.25) is 4.79 Å². The number of ether oxygens (including phenoxy) is 1. The summed E-state index contributed by atoms with van der Waals surface area (Å²) in [5.74, 6) is -0.251. The minimum Gasteiger partial charge on any atom is -0.468 e. The van der Waals surface area contributed by atoms with Gasteiger partial charge in [0.2, 0.25) is 0 Å². The molecular formula is C14H13Cl2IN2O2. The first-order valence-corrected chi connectivity index (χ1v) is 8.17. The Morgan fingerprint density at radius 3 is 2.71 bits per heavy atom. The number of hydrogen-bond acceptors (Lipinski definition) is 3. The van der Waals surface area contributed by atoms with Gasteiger partial charge in [0, 0.05) is 28.2 Å². The summed E-state index contributed by atoms with van der Waals surface area (Å²) < 4.78 is 6.34. The summed E-state index contributed by atoms with van der Waals surface area (Å²) in [6.45, 7) is 0.537. The highest BCUT2D eigenvalue weighted by atomic mass is 127. The van der Waals surface area contributed by atoms with Crippen molar-refractivity contribution in [1.29, 1.82) is 0 Å². The molecular weight excluding hydrogens is 426 g/mol. The first-order chi connectivity index (χ1) is 10.0. The zero-order chi connectivity index (χ0) is 15.4. The second-order valence-electron chi connectivity index (χ2n) is 4.43. The number of nitrogens with zero attached hydrogens (tertiary/aromatic N) is 2. The van der Waals surface area contributed by atoms with Gasteiger partial charge in [-0.05, 0) is 12.1 Å². The van der Waals surface area contributed by atoms with Crippen molar-refractivity contribution in [3.05, 3.63) is 52.0 Å². The zero-order valence-corrected chi connectivity index (χ0v) is 14.9. The van der Waals surface area contributed by atoms with Crippen LogP contribution < -0.4 is 0 Å². The molecule has 7 heteroatoms. The predicted molar refractivity (Wildman–Crippen MR) is 91.3 cm³/mol. The van der Waals surface area contributed by atoms with E-state index in [2.05, 4.69) is 4.98 Å². The zero-order valence-electron chi connectivity index (χ0n) is 11.2. The maximum atomic E-state index is 11.4. The summed E-state index contributed by atoms with van der Waals surface area (Å²) in [7, 11) is 1.38. The van der Waals surface area contributed by atoms with E-state index in [1.165, 1.54) is 7.11 Å². The van der Waals surface area contributed by atoms with Crippen molar-refractivity contribution < 1.29 is 9.53 Å². The normalized spacial score (nSPS) is 12.2. The third-order valence-corrected chi connectivity index (χ3v) is 4.59. The van der Waals surface area contributed by atoms with Crippen molar-refractivity contribution in [2.75, 3.05) is 7.11 Å². The van der Waals surface area contributed by atoms with E-state index in [1.54, 1.807) is 18.5 Å². The summed E-state index contributed by atoms with van der Waals surface area (Å²) in [6.07, 6.45) is 4.11. The summed E-state index contributed by atoms with van der Waals surface area (Å²) >= 11 is 14.3. The highest BCUT2D eigenvalue weighted by Gasteiger charge is 2.17. The molecule has 21 heavy (non-hydrogen) atoms. The number of esters is 1. The molecule has 0 amide bonds. The Hall–Kier alpha value is -0.790. The fourth-order valence-corrected chi connectivity index (χ4v) is 3.08. The number of benzene rings is 1. The predicted octanol–water partition coefficient (Wildman–Crippen LogP) is 3.76. The Labute approximate surface area is 146 Å². The summed E-state index contributed by atoms with van der Waals surface area (Å²) in [6, 6.07) is 5.42. The van der Waals surface area contributed by atoms with E-state index in [-0.39, 0.29) is 9.89 Å². The van der Waals surface area contributed by atoms with Crippen LogP contribution in [-0.4, -0.2) is 26.6 Å². The lowest BCUT2D eigenvalue weighted by atomic mass is 10.2. The smallest absolute Gasteiger partial charge is 0.319 e. The molecule has 0 N–H and O–H groups in total. The molecule has 0 aliphatic heterocycles. The molecule has 1 aromatic carbocycles. The van der Waals surface area contributed by atoms with Crippen molar-refractivity contribution in [2.24, 2.45) is 0 Å².